The van der Waals surface area contributed by atoms with Crippen molar-refractivity contribution in [2.24, 2.45) is 0 Å². The molecule has 0 spiro atoms. The van der Waals surface area contributed by atoms with E-state index in [1.54, 1.807) is 31.2 Å². The number of amides is 1. The summed E-state index contributed by atoms with van der Waals surface area (Å²) in [4.78, 5) is 12.5. The van der Waals surface area contributed by atoms with E-state index in [1.807, 2.05) is 19.1 Å². The maximum atomic E-state index is 12.6. The van der Waals surface area contributed by atoms with Gasteiger partial charge in [0, 0.05) is 11.7 Å². The largest absolute Gasteiger partial charge is 0.481 e. The van der Waals surface area contributed by atoms with Gasteiger partial charge in [-0.2, -0.15) is 0 Å². The van der Waals surface area contributed by atoms with Crippen LogP contribution in [0.25, 0.3) is 0 Å². The number of aryl methyl sites for hydroxylation is 1. The van der Waals surface area contributed by atoms with Crippen LogP contribution >= 0.6 is 0 Å². The van der Waals surface area contributed by atoms with Crippen LogP contribution in [0, 0.1) is 0 Å². The van der Waals surface area contributed by atoms with E-state index in [1.165, 1.54) is 18.6 Å². The summed E-state index contributed by atoms with van der Waals surface area (Å²) in [5.41, 5.74) is 1.65. The third-order valence-electron chi connectivity index (χ3n) is 5.38. The molecule has 0 heterocycles. The summed E-state index contributed by atoms with van der Waals surface area (Å²) >= 11 is 0. The van der Waals surface area contributed by atoms with Crippen molar-refractivity contribution < 1.29 is 17.9 Å². The van der Waals surface area contributed by atoms with Crippen LogP contribution in [0.1, 0.15) is 51.5 Å². The standard InChI is InChI=1S/C23H30N2O4S/c1-3-18-9-11-20(12-10-18)25-30(27,28)22-15-13-21(14-16-22)29-17(2)23(26)24-19-7-5-4-6-8-19/h9-17,19,25H,3-8H2,1-2H3,(H,24,26)/t17-/m0/s1. The normalized spacial score (nSPS) is 15.9. The number of hydrogen-bond donors (Lipinski definition) is 2. The molecule has 1 aliphatic rings. The van der Waals surface area contributed by atoms with Crippen LogP contribution in [0.3, 0.4) is 0 Å². The van der Waals surface area contributed by atoms with Crippen LogP contribution in [-0.2, 0) is 21.2 Å². The second-order valence-electron chi connectivity index (χ2n) is 7.73. The van der Waals surface area contributed by atoms with Crippen LogP contribution < -0.4 is 14.8 Å². The molecule has 1 fully saturated rings. The Morgan fingerprint density at radius 2 is 1.67 bits per heavy atom. The molecule has 2 aromatic carbocycles. The van der Waals surface area contributed by atoms with E-state index in [0.29, 0.717) is 11.4 Å². The number of hydrogen-bond acceptors (Lipinski definition) is 4. The lowest BCUT2D eigenvalue weighted by atomic mass is 9.95. The lowest BCUT2D eigenvalue weighted by Crippen LogP contribution is -2.43. The summed E-state index contributed by atoms with van der Waals surface area (Å²) in [5, 5.41) is 3.04. The van der Waals surface area contributed by atoms with Crippen molar-refractivity contribution in [3.63, 3.8) is 0 Å². The Hall–Kier alpha value is -2.54. The van der Waals surface area contributed by atoms with Crippen LogP contribution in [0.2, 0.25) is 0 Å². The minimum atomic E-state index is -3.70. The molecule has 0 radical (unpaired) electrons. The third-order valence-corrected chi connectivity index (χ3v) is 6.78. The van der Waals surface area contributed by atoms with E-state index in [9.17, 15) is 13.2 Å². The molecule has 162 valence electrons. The molecule has 0 bridgehead atoms. The minimum Gasteiger partial charge on any atom is -0.481 e. The van der Waals surface area contributed by atoms with E-state index in [4.69, 9.17) is 4.74 Å². The fourth-order valence-electron chi connectivity index (χ4n) is 3.54. The van der Waals surface area contributed by atoms with Crippen molar-refractivity contribution in [1.82, 2.24) is 5.32 Å². The lowest BCUT2D eigenvalue weighted by molar-refractivity contribution is -0.128. The summed E-state index contributed by atoms with van der Waals surface area (Å²) in [6.07, 6.45) is 5.79. The number of rotatable bonds is 8. The van der Waals surface area contributed by atoms with Gasteiger partial charge in [-0.1, -0.05) is 38.3 Å². The van der Waals surface area contributed by atoms with Gasteiger partial charge in [0.2, 0.25) is 0 Å². The molecular weight excluding hydrogens is 400 g/mol. The van der Waals surface area contributed by atoms with E-state index < -0.39 is 16.1 Å². The van der Waals surface area contributed by atoms with Gasteiger partial charge >= 0.3 is 0 Å². The Kier molecular flexibility index (Phi) is 7.37. The van der Waals surface area contributed by atoms with E-state index in [2.05, 4.69) is 10.0 Å². The Morgan fingerprint density at radius 1 is 1.03 bits per heavy atom. The first-order valence-electron chi connectivity index (χ1n) is 10.6. The van der Waals surface area contributed by atoms with Gasteiger partial charge in [0.25, 0.3) is 15.9 Å². The highest BCUT2D eigenvalue weighted by Gasteiger charge is 2.21. The molecule has 30 heavy (non-hydrogen) atoms. The number of anilines is 1. The first-order chi connectivity index (χ1) is 14.4. The Bertz CT molecular complexity index is 934. The molecule has 1 saturated carbocycles. The molecule has 7 heteroatoms. The van der Waals surface area contributed by atoms with E-state index >= 15 is 0 Å². The number of carbonyl (C=O) groups excluding carboxylic acids is 1. The Labute approximate surface area is 179 Å². The predicted octanol–water partition coefficient (Wildman–Crippen LogP) is 4.27. The Balaban J connectivity index is 1.58. The summed E-state index contributed by atoms with van der Waals surface area (Å²) in [6, 6.07) is 13.6. The smallest absolute Gasteiger partial charge is 0.261 e. The summed E-state index contributed by atoms with van der Waals surface area (Å²) in [5.74, 6) is 0.309. The molecule has 0 unspecified atom stereocenters. The lowest BCUT2D eigenvalue weighted by Gasteiger charge is -2.24. The molecule has 1 aliphatic carbocycles. The van der Waals surface area contributed by atoms with Crippen LogP contribution in [-0.4, -0.2) is 26.5 Å². The van der Waals surface area contributed by atoms with Crippen LogP contribution in [0.5, 0.6) is 5.75 Å². The van der Waals surface area contributed by atoms with Gasteiger partial charge in [-0.05, 0) is 68.1 Å². The fraction of sp³-hybridized carbons (Fsp3) is 0.435. The van der Waals surface area contributed by atoms with Gasteiger partial charge < -0.3 is 10.1 Å². The SMILES string of the molecule is CCc1ccc(NS(=O)(=O)c2ccc(O[C@@H](C)C(=O)NC3CCCCC3)cc2)cc1. The highest BCUT2D eigenvalue weighted by Crippen LogP contribution is 2.21. The van der Waals surface area contributed by atoms with E-state index in [-0.39, 0.29) is 16.8 Å². The van der Waals surface area contributed by atoms with Crippen molar-refractivity contribution in [2.75, 3.05) is 4.72 Å². The average molecular weight is 431 g/mol. The number of ether oxygens (including phenoxy) is 1. The van der Waals surface area contributed by atoms with Gasteiger partial charge in [0.05, 0.1) is 4.90 Å². The monoisotopic (exact) mass is 430 g/mol. The molecule has 1 atom stereocenters. The maximum Gasteiger partial charge on any atom is 0.261 e. The summed E-state index contributed by atoms with van der Waals surface area (Å²) < 4.78 is 33.5. The highest BCUT2D eigenvalue weighted by atomic mass is 32.2. The molecule has 2 N–H and O–H groups in total. The summed E-state index contributed by atoms with van der Waals surface area (Å²) in [6.45, 7) is 3.74. The van der Waals surface area contributed by atoms with Crippen molar-refractivity contribution in [3.8, 4) is 5.75 Å². The number of benzene rings is 2. The molecule has 1 amide bonds. The Morgan fingerprint density at radius 3 is 2.27 bits per heavy atom. The second kappa shape index (κ2) is 9.98. The zero-order valence-corrected chi connectivity index (χ0v) is 18.4. The predicted molar refractivity (Wildman–Crippen MR) is 118 cm³/mol. The van der Waals surface area contributed by atoms with Crippen molar-refractivity contribution in [3.05, 3.63) is 54.1 Å². The average Bonchev–Trinajstić information content (AvgIpc) is 2.75. The van der Waals surface area contributed by atoms with Gasteiger partial charge in [0.15, 0.2) is 6.10 Å². The van der Waals surface area contributed by atoms with Crippen molar-refractivity contribution in [2.45, 2.75) is 69.4 Å². The maximum absolute atomic E-state index is 12.6. The van der Waals surface area contributed by atoms with Gasteiger partial charge in [-0.15, -0.1) is 0 Å². The van der Waals surface area contributed by atoms with Gasteiger partial charge in [0.1, 0.15) is 5.75 Å². The molecule has 0 saturated heterocycles. The molecule has 2 aromatic rings. The van der Waals surface area contributed by atoms with Crippen LogP contribution in [0.4, 0.5) is 5.69 Å². The van der Waals surface area contributed by atoms with Crippen molar-refractivity contribution in [1.29, 1.82) is 0 Å². The first kappa shape index (κ1) is 22.2. The summed E-state index contributed by atoms with van der Waals surface area (Å²) in [7, 11) is -3.70. The van der Waals surface area contributed by atoms with Crippen molar-refractivity contribution >= 4 is 21.6 Å². The molecule has 0 aromatic heterocycles. The fourth-order valence-corrected chi connectivity index (χ4v) is 4.60. The number of carbonyl (C=O) groups is 1. The van der Waals surface area contributed by atoms with E-state index in [0.717, 1.165) is 37.7 Å². The topological polar surface area (TPSA) is 84.5 Å². The third kappa shape index (κ3) is 5.98. The molecule has 0 aliphatic heterocycles. The molecule has 6 nitrogen and oxygen atoms in total. The van der Waals surface area contributed by atoms with Crippen LogP contribution in [0.15, 0.2) is 53.4 Å². The first-order valence-corrected chi connectivity index (χ1v) is 12.0. The number of nitrogens with one attached hydrogen (secondary N) is 2. The minimum absolute atomic E-state index is 0.133. The zero-order chi connectivity index (χ0) is 21.6. The quantitative estimate of drug-likeness (QED) is 0.655. The zero-order valence-electron chi connectivity index (χ0n) is 17.6. The second-order valence-corrected chi connectivity index (χ2v) is 9.41. The van der Waals surface area contributed by atoms with Gasteiger partial charge in [-0.3, -0.25) is 9.52 Å². The van der Waals surface area contributed by atoms with Gasteiger partial charge in [-0.25, -0.2) is 8.42 Å². The molecule has 3 rings (SSSR count). The molecular formula is C23H30N2O4S. The highest BCUT2D eigenvalue weighted by molar-refractivity contribution is 7.92. The number of sulfonamides is 1.